The Hall–Kier alpha value is -1.92. The first-order valence-electron chi connectivity index (χ1n) is 6.05. The first-order chi connectivity index (χ1) is 9.17. The summed E-state index contributed by atoms with van der Waals surface area (Å²) in [5.41, 5.74) is 6.46. The van der Waals surface area contributed by atoms with E-state index in [1.807, 2.05) is 0 Å². The Morgan fingerprint density at radius 3 is 2.26 bits per heavy atom. The van der Waals surface area contributed by atoms with E-state index in [1.54, 1.807) is 24.3 Å². The summed E-state index contributed by atoms with van der Waals surface area (Å²) in [5, 5.41) is 5.41. The van der Waals surface area contributed by atoms with Gasteiger partial charge in [0.05, 0.1) is 11.4 Å². The third kappa shape index (κ3) is 5.50. The lowest BCUT2D eigenvalue weighted by Crippen LogP contribution is -2.19. The minimum Gasteiger partial charge on any atom is -0.375 e. The second-order valence-electron chi connectivity index (χ2n) is 3.97. The fourth-order valence-electron chi connectivity index (χ4n) is 1.49. The third-order valence-electron chi connectivity index (χ3n) is 2.36. The van der Waals surface area contributed by atoms with E-state index in [1.165, 1.54) is 7.11 Å². The van der Waals surface area contributed by atoms with Gasteiger partial charge in [-0.3, -0.25) is 9.59 Å². The van der Waals surface area contributed by atoms with Crippen LogP contribution >= 0.6 is 0 Å². The van der Waals surface area contributed by atoms with Crippen LogP contribution in [0.1, 0.15) is 12.8 Å². The van der Waals surface area contributed by atoms with Crippen molar-refractivity contribution in [2.45, 2.75) is 12.8 Å². The van der Waals surface area contributed by atoms with Crippen molar-refractivity contribution in [1.29, 1.82) is 0 Å². The molecule has 104 valence electrons. The van der Waals surface area contributed by atoms with E-state index < -0.39 is 0 Å². The lowest BCUT2D eigenvalue weighted by atomic mass is 10.2. The van der Waals surface area contributed by atoms with E-state index in [2.05, 4.69) is 10.6 Å². The van der Waals surface area contributed by atoms with Crippen molar-refractivity contribution < 1.29 is 14.3 Å². The Balaban J connectivity index is 2.67. The first kappa shape index (κ1) is 15.1. The average molecular weight is 265 g/mol. The molecular formula is C13H19N3O3. The number of amides is 2. The Morgan fingerprint density at radius 1 is 1.16 bits per heavy atom. The molecule has 0 unspecified atom stereocenters. The summed E-state index contributed by atoms with van der Waals surface area (Å²) >= 11 is 0. The zero-order chi connectivity index (χ0) is 14.1. The SMILES string of the molecule is COCC(=O)Nc1ccccc1NC(=O)CCCN. The van der Waals surface area contributed by atoms with E-state index in [9.17, 15) is 9.59 Å². The van der Waals surface area contributed by atoms with Crippen LogP contribution < -0.4 is 16.4 Å². The average Bonchev–Trinajstić information content (AvgIpc) is 2.39. The standard InChI is InChI=1S/C13H19N3O3/c1-19-9-13(18)16-11-6-3-2-5-10(11)15-12(17)7-4-8-14/h2-3,5-6H,4,7-9,14H2,1H3,(H,15,17)(H,16,18). The van der Waals surface area contributed by atoms with Gasteiger partial charge < -0.3 is 21.1 Å². The monoisotopic (exact) mass is 265 g/mol. The van der Waals surface area contributed by atoms with Gasteiger partial charge in [-0.05, 0) is 25.1 Å². The lowest BCUT2D eigenvalue weighted by Gasteiger charge is -2.11. The highest BCUT2D eigenvalue weighted by molar-refractivity contribution is 5.99. The van der Waals surface area contributed by atoms with Crippen molar-refractivity contribution in [2.24, 2.45) is 5.73 Å². The number of methoxy groups -OCH3 is 1. The van der Waals surface area contributed by atoms with Gasteiger partial charge in [0.25, 0.3) is 0 Å². The van der Waals surface area contributed by atoms with Crippen molar-refractivity contribution in [3.05, 3.63) is 24.3 Å². The molecular weight excluding hydrogens is 246 g/mol. The predicted octanol–water partition coefficient (Wildman–Crippen LogP) is 0.949. The van der Waals surface area contributed by atoms with E-state index in [4.69, 9.17) is 10.5 Å². The highest BCUT2D eigenvalue weighted by Gasteiger charge is 2.08. The molecule has 6 nitrogen and oxygen atoms in total. The molecule has 4 N–H and O–H groups in total. The van der Waals surface area contributed by atoms with Crippen molar-refractivity contribution in [1.82, 2.24) is 0 Å². The van der Waals surface area contributed by atoms with Crippen molar-refractivity contribution in [2.75, 3.05) is 30.9 Å². The number of carbonyl (C=O) groups excluding carboxylic acids is 2. The number of hydrogen-bond donors (Lipinski definition) is 3. The second-order valence-corrected chi connectivity index (χ2v) is 3.97. The Morgan fingerprint density at radius 2 is 1.74 bits per heavy atom. The van der Waals surface area contributed by atoms with Crippen LogP contribution in [0.15, 0.2) is 24.3 Å². The van der Waals surface area contributed by atoms with Gasteiger partial charge in [-0.25, -0.2) is 0 Å². The number of hydrogen-bond acceptors (Lipinski definition) is 4. The maximum atomic E-state index is 11.6. The minimum atomic E-state index is -0.272. The maximum absolute atomic E-state index is 11.6. The highest BCUT2D eigenvalue weighted by atomic mass is 16.5. The molecule has 0 radical (unpaired) electrons. The van der Waals surface area contributed by atoms with Gasteiger partial charge in [-0.15, -0.1) is 0 Å². The molecule has 0 fully saturated rings. The molecule has 1 aromatic rings. The number of ether oxygens (including phenoxy) is 1. The van der Waals surface area contributed by atoms with Gasteiger partial charge in [-0.2, -0.15) is 0 Å². The van der Waals surface area contributed by atoms with Crippen LogP contribution in [0.4, 0.5) is 11.4 Å². The molecule has 0 aromatic heterocycles. The topological polar surface area (TPSA) is 93.5 Å². The maximum Gasteiger partial charge on any atom is 0.250 e. The molecule has 0 aliphatic heterocycles. The van der Waals surface area contributed by atoms with Gasteiger partial charge in [-0.1, -0.05) is 12.1 Å². The molecule has 1 aromatic carbocycles. The zero-order valence-electron chi connectivity index (χ0n) is 10.9. The molecule has 0 atom stereocenters. The molecule has 0 aliphatic carbocycles. The quantitative estimate of drug-likeness (QED) is 0.684. The van der Waals surface area contributed by atoms with Crippen LogP contribution in [-0.2, 0) is 14.3 Å². The summed E-state index contributed by atoms with van der Waals surface area (Å²) in [4.78, 5) is 23.1. The number of para-hydroxylation sites is 2. The van der Waals surface area contributed by atoms with Crippen molar-refractivity contribution >= 4 is 23.2 Å². The van der Waals surface area contributed by atoms with E-state index in [-0.39, 0.29) is 18.4 Å². The number of rotatable bonds is 7. The van der Waals surface area contributed by atoms with Crippen LogP contribution in [0.5, 0.6) is 0 Å². The molecule has 0 spiro atoms. The predicted molar refractivity (Wildman–Crippen MR) is 73.9 cm³/mol. The van der Waals surface area contributed by atoms with Crippen molar-refractivity contribution in [3.63, 3.8) is 0 Å². The lowest BCUT2D eigenvalue weighted by molar-refractivity contribution is -0.119. The molecule has 19 heavy (non-hydrogen) atoms. The molecule has 0 aliphatic rings. The smallest absolute Gasteiger partial charge is 0.250 e. The largest absolute Gasteiger partial charge is 0.375 e. The van der Waals surface area contributed by atoms with Gasteiger partial charge in [0.15, 0.2) is 0 Å². The van der Waals surface area contributed by atoms with Gasteiger partial charge in [0.2, 0.25) is 11.8 Å². The molecule has 0 saturated carbocycles. The first-order valence-corrected chi connectivity index (χ1v) is 6.05. The van der Waals surface area contributed by atoms with Gasteiger partial charge in [0.1, 0.15) is 6.61 Å². The van der Waals surface area contributed by atoms with E-state index in [0.717, 1.165) is 0 Å². The Kier molecular flexibility index (Phi) is 6.56. The molecule has 2 amide bonds. The normalized spacial score (nSPS) is 10.0. The number of anilines is 2. The summed E-state index contributed by atoms with van der Waals surface area (Å²) in [6, 6.07) is 7.00. The van der Waals surface area contributed by atoms with Crippen LogP contribution in [0.25, 0.3) is 0 Å². The molecule has 6 heteroatoms. The van der Waals surface area contributed by atoms with Gasteiger partial charge >= 0.3 is 0 Å². The third-order valence-corrected chi connectivity index (χ3v) is 2.36. The summed E-state index contributed by atoms with van der Waals surface area (Å²) in [6.45, 7) is 0.440. The minimum absolute atomic E-state index is 0.0323. The van der Waals surface area contributed by atoms with Gasteiger partial charge in [0, 0.05) is 13.5 Å². The van der Waals surface area contributed by atoms with Crippen LogP contribution in [0.2, 0.25) is 0 Å². The molecule has 1 rings (SSSR count). The number of carbonyl (C=O) groups is 2. The molecule has 0 bridgehead atoms. The second kappa shape index (κ2) is 8.23. The molecule has 0 heterocycles. The summed E-state index contributed by atoms with van der Waals surface area (Å²) < 4.78 is 4.74. The number of benzene rings is 1. The van der Waals surface area contributed by atoms with E-state index in [0.29, 0.717) is 30.8 Å². The number of nitrogens with two attached hydrogens (primary N) is 1. The van der Waals surface area contributed by atoms with Crippen LogP contribution in [-0.4, -0.2) is 32.1 Å². The summed E-state index contributed by atoms with van der Waals surface area (Å²) in [7, 11) is 1.44. The zero-order valence-corrected chi connectivity index (χ0v) is 10.9. The van der Waals surface area contributed by atoms with Crippen LogP contribution in [0, 0.1) is 0 Å². The molecule has 0 saturated heterocycles. The summed E-state index contributed by atoms with van der Waals surface area (Å²) in [6.07, 6.45) is 0.987. The van der Waals surface area contributed by atoms with Crippen LogP contribution in [0.3, 0.4) is 0 Å². The van der Waals surface area contributed by atoms with E-state index >= 15 is 0 Å². The Bertz CT molecular complexity index is 435. The highest BCUT2D eigenvalue weighted by Crippen LogP contribution is 2.21. The summed E-state index contributed by atoms with van der Waals surface area (Å²) in [5.74, 6) is -0.398. The number of nitrogens with one attached hydrogen (secondary N) is 2. The Labute approximate surface area is 112 Å². The fraction of sp³-hybridized carbons (Fsp3) is 0.385. The van der Waals surface area contributed by atoms with Crippen molar-refractivity contribution in [3.8, 4) is 0 Å². The fourth-order valence-corrected chi connectivity index (χ4v) is 1.49.